The highest BCUT2D eigenvalue weighted by atomic mass is 35.5. The highest BCUT2D eigenvalue weighted by Crippen LogP contribution is 2.24. The number of imidazole rings is 1. The first-order valence-corrected chi connectivity index (χ1v) is 7.28. The molecule has 2 aromatic rings. The van der Waals surface area contributed by atoms with Crippen LogP contribution in [0.5, 0.6) is 0 Å². The minimum absolute atomic E-state index is 0.0264. The Morgan fingerprint density at radius 2 is 2.20 bits per heavy atom. The molecule has 20 heavy (non-hydrogen) atoms. The van der Waals surface area contributed by atoms with Crippen LogP contribution in [0.15, 0.2) is 0 Å². The third kappa shape index (κ3) is 2.40. The van der Waals surface area contributed by atoms with Crippen LogP contribution in [-0.4, -0.2) is 37.7 Å². The quantitative estimate of drug-likeness (QED) is 0.852. The van der Waals surface area contributed by atoms with E-state index >= 15 is 0 Å². The number of amides is 1. The summed E-state index contributed by atoms with van der Waals surface area (Å²) in [5.74, 6) is 1.27. The second kappa shape index (κ2) is 5.83. The van der Waals surface area contributed by atoms with Crippen molar-refractivity contribution in [3.63, 3.8) is 0 Å². The molecule has 0 saturated carbocycles. The van der Waals surface area contributed by atoms with Gasteiger partial charge in [-0.1, -0.05) is 0 Å². The fourth-order valence-electron chi connectivity index (χ4n) is 2.45. The van der Waals surface area contributed by atoms with Crippen LogP contribution in [0.1, 0.15) is 31.4 Å². The van der Waals surface area contributed by atoms with Gasteiger partial charge in [0, 0.05) is 25.9 Å². The first-order chi connectivity index (χ1) is 9.51. The molecule has 2 rings (SSSR count). The standard InChI is InChI=1S/C13H20ClN5O/c1-5-15-12(20)9(3)19-10(6-7-14)16-11-8(2)17-18(4)13(11)19/h9H,5-7H2,1-4H3,(H,15,20). The van der Waals surface area contributed by atoms with Crippen molar-refractivity contribution >= 4 is 28.7 Å². The molecule has 2 heterocycles. The van der Waals surface area contributed by atoms with Crippen molar-refractivity contribution in [2.75, 3.05) is 12.4 Å². The van der Waals surface area contributed by atoms with Gasteiger partial charge < -0.3 is 9.88 Å². The van der Waals surface area contributed by atoms with Crippen LogP contribution >= 0.6 is 11.6 Å². The molecule has 0 bridgehead atoms. The van der Waals surface area contributed by atoms with E-state index in [-0.39, 0.29) is 11.9 Å². The van der Waals surface area contributed by atoms with Crippen LogP contribution in [0, 0.1) is 6.92 Å². The van der Waals surface area contributed by atoms with E-state index in [1.807, 2.05) is 32.4 Å². The van der Waals surface area contributed by atoms with Gasteiger partial charge in [0.05, 0.1) is 5.69 Å². The lowest BCUT2D eigenvalue weighted by atomic mass is 10.3. The maximum absolute atomic E-state index is 12.1. The van der Waals surface area contributed by atoms with Crippen LogP contribution in [0.2, 0.25) is 0 Å². The van der Waals surface area contributed by atoms with Crippen molar-refractivity contribution in [1.29, 1.82) is 0 Å². The number of nitrogens with zero attached hydrogens (tertiary/aromatic N) is 4. The second-order valence-corrected chi connectivity index (χ2v) is 5.17. The van der Waals surface area contributed by atoms with E-state index < -0.39 is 0 Å². The molecule has 0 fully saturated rings. The van der Waals surface area contributed by atoms with Crippen molar-refractivity contribution in [1.82, 2.24) is 24.6 Å². The molecule has 0 aliphatic rings. The first kappa shape index (κ1) is 14.8. The lowest BCUT2D eigenvalue weighted by Crippen LogP contribution is -2.32. The van der Waals surface area contributed by atoms with Gasteiger partial charge >= 0.3 is 0 Å². The Bertz CT molecular complexity index is 630. The number of nitrogens with one attached hydrogen (secondary N) is 1. The molecule has 1 unspecified atom stereocenters. The number of fused-ring (bicyclic) bond motifs is 1. The van der Waals surface area contributed by atoms with Crippen LogP contribution in [0.25, 0.3) is 11.2 Å². The number of aryl methyl sites for hydroxylation is 3. The maximum Gasteiger partial charge on any atom is 0.242 e. The zero-order valence-corrected chi connectivity index (χ0v) is 13.0. The van der Waals surface area contributed by atoms with Gasteiger partial charge in [-0.05, 0) is 20.8 Å². The van der Waals surface area contributed by atoms with Crippen LogP contribution < -0.4 is 5.32 Å². The Hall–Kier alpha value is -1.56. The summed E-state index contributed by atoms with van der Waals surface area (Å²) in [4.78, 5) is 16.7. The monoisotopic (exact) mass is 297 g/mol. The second-order valence-electron chi connectivity index (χ2n) is 4.79. The van der Waals surface area contributed by atoms with E-state index in [0.717, 1.165) is 22.7 Å². The molecule has 1 atom stereocenters. The number of aromatic nitrogens is 4. The normalized spacial score (nSPS) is 12.8. The summed E-state index contributed by atoms with van der Waals surface area (Å²) in [6.07, 6.45) is 0.624. The number of likely N-dealkylation sites (N-methyl/N-ethyl adjacent to an activating group) is 1. The van der Waals surface area contributed by atoms with E-state index in [0.29, 0.717) is 18.8 Å². The van der Waals surface area contributed by atoms with Gasteiger partial charge in [0.25, 0.3) is 0 Å². The van der Waals surface area contributed by atoms with E-state index in [1.54, 1.807) is 4.68 Å². The number of halogens is 1. The van der Waals surface area contributed by atoms with Crippen molar-refractivity contribution in [2.45, 2.75) is 33.2 Å². The molecular formula is C13H20ClN5O. The lowest BCUT2D eigenvalue weighted by Gasteiger charge is -2.16. The Kier molecular flexibility index (Phi) is 4.32. The molecule has 6 nitrogen and oxygen atoms in total. The number of carbonyl (C=O) groups excluding carboxylic acids is 1. The third-order valence-electron chi connectivity index (χ3n) is 3.34. The van der Waals surface area contributed by atoms with Gasteiger partial charge in [0.1, 0.15) is 17.4 Å². The first-order valence-electron chi connectivity index (χ1n) is 6.75. The third-order valence-corrected chi connectivity index (χ3v) is 3.53. The highest BCUT2D eigenvalue weighted by Gasteiger charge is 2.24. The summed E-state index contributed by atoms with van der Waals surface area (Å²) in [7, 11) is 1.86. The predicted octanol–water partition coefficient (Wildman–Crippen LogP) is 1.56. The van der Waals surface area contributed by atoms with Gasteiger partial charge in [-0.25, -0.2) is 4.98 Å². The van der Waals surface area contributed by atoms with E-state index in [2.05, 4.69) is 15.4 Å². The summed E-state index contributed by atoms with van der Waals surface area (Å²) >= 11 is 5.85. The van der Waals surface area contributed by atoms with Crippen molar-refractivity contribution in [3.05, 3.63) is 11.5 Å². The average Bonchev–Trinajstić information content (AvgIpc) is 2.89. The summed E-state index contributed by atoms with van der Waals surface area (Å²) < 4.78 is 3.70. The summed E-state index contributed by atoms with van der Waals surface area (Å²) in [5, 5.41) is 7.21. The summed E-state index contributed by atoms with van der Waals surface area (Å²) in [6, 6.07) is -0.340. The summed E-state index contributed by atoms with van der Waals surface area (Å²) in [5.41, 5.74) is 2.56. The average molecular weight is 298 g/mol. The SMILES string of the molecule is CCNC(=O)C(C)n1c(CCCl)nc2c(C)nn(C)c21. The van der Waals surface area contributed by atoms with E-state index in [1.165, 1.54) is 0 Å². The minimum Gasteiger partial charge on any atom is -0.355 e. The van der Waals surface area contributed by atoms with Crippen LogP contribution in [0.4, 0.5) is 0 Å². The summed E-state index contributed by atoms with van der Waals surface area (Å²) in [6.45, 7) is 6.30. The number of carbonyl (C=O) groups is 1. The number of hydrogen-bond acceptors (Lipinski definition) is 3. The van der Waals surface area contributed by atoms with Crippen molar-refractivity contribution in [3.8, 4) is 0 Å². The number of hydrogen-bond donors (Lipinski definition) is 1. The Labute approximate surface area is 123 Å². The van der Waals surface area contributed by atoms with E-state index in [9.17, 15) is 4.79 Å². The Balaban J connectivity index is 2.58. The zero-order valence-electron chi connectivity index (χ0n) is 12.3. The van der Waals surface area contributed by atoms with Crippen LogP contribution in [0.3, 0.4) is 0 Å². The molecule has 0 aliphatic carbocycles. The van der Waals surface area contributed by atoms with Crippen molar-refractivity contribution in [2.24, 2.45) is 7.05 Å². The smallest absolute Gasteiger partial charge is 0.242 e. The molecule has 1 N–H and O–H groups in total. The van der Waals surface area contributed by atoms with Gasteiger partial charge in [-0.15, -0.1) is 11.6 Å². The fraction of sp³-hybridized carbons (Fsp3) is 0.615. The van der Waals surface area contributed by atoms with Crippen molar-refractivity contribution < 1.29 is 4.79 Å². The molecule has 2 aromatic heterocycles. The zero-order chi connectivity index (χ0) is 14.9. The molecule has 0 radical (unpaired) electrons. The van der Waals surface area contributed by atoms with Gasteiger partial charge in [0.2, 0.25) is 5.91 Å². The molecule has 0 aliphatic heterocycles. The topological polar surface area (TPSA) is 64.7 Å². The van der Waals surface area contributed by atoms with Gasteiger partial charge in [0.15, 0.2) is 5.65 Å². The lowest BCUT2D eigenvalue weighted by molar-refractivity contribution is -0.123. The largest absolute Gasteiger partial charge is 0.355 e. The molecule has 0 aromatic carbocycles. The Morgan fingerprint density at radius 3 is 2.80 bits per heavy atom. The molecular weight excluding hydrogens is 278 g/mol. The molecule has 7 heteroatoms. The predicted molar refractivity (Wildman–Crippen MR) is 79.1 cm³/mol. The number of alkyl halides is 1. The van der Waals surface area contributed by atoms with Gasteiger partial charge in [-0.2, -0.15) is 5.10 Å². The van der Waals surface area contributed by atoms with E-state index in [4.69, 9.17) is 11.6 Å². The maximum atomic E-state index is 12.1. The number of rotatable bonds is 5. The fourth-order valence-corrected chi connectivity index (χ4v) is 2.62. The molecule has 1 amide bonds. The van der Waals surface area contributed by atoms with Crippen LogP contribution in [-0.2, 0) is 18.3 Å². The van der Waals surface area contributed by atoms with Gasteiger partial charge in [-0.3, -0.25) is 9.48 Å². The highest BCUT2D eigenvalue weighted by molar-refractivity contribution is 6.17. The molecule has 0 saturated heterocycles. The molecule has 0 spiro atoms. The Morgan fingerprint density at radius 1 is 1.50 bits per heavy atom. The molecule has 110 valence electrons. The minimum atomic E-state index is -0.340.